The molecule has 0 spiro atoms. The first-order chi connectivity index (χ1) is 8.72. The van der Waals surface area contributed by atoms with E-state index in [1.807, 2.05) is 0 Å². The van der Waals surface area contributed by atoms with Crippen LogP contribution in [0.1, 0.15) is 33.9 Å². The van der Waals surface area contributed by atoms with Crippen LogP contribution in [0.15, 0.2) is 36.4 Å². The summed E-state index contributed by atoms with van der Waals surface area (Å²) in [5, 5.41) is 3.64. The van der Waals surface area contributed by atoms with Crippen molar-refractivity contribution in [3.8, 4) is 0 Å². The Bertz CT molecular complexity index is 695. The van der Waals surface area contributed by atoms with Crippen molar-refractivity contribution in [2.75, 3.05) is 5.32 Å². The molecule has 4 rings (SSSR count). The Kier molecular flexibility index (Phi) is 1.80. The van der Waals surface area contributed by atoms with E-state index in [-0.39, 0.29) is 0 Å². The second-order valence-corrected chi connectivity index (χ2v) is 5.36. The van der Waals surface area contributed by atoms with Crippen molar-refractivity contribution >= 4 is 17.3 Å². The molecule has 0 fully saturated rings. The van der Waals surface area contributed by atoms with E-state index in [1.54, 1.807) is 0 Å². The molecular weight excluding hydrogens is 218 g/mol. The quantitative estimate of drug-likeness (QED) is 0.714. The number of hydrogen-bond donors (Lipinski definition) is 1. The SMILES string of the molecule is Cc1ccc2c(c1)C=C1c3ccc(C)cc3NC12. The Morgan fingerprint density at radius 1 is 0.944 bits per heavy atom. The first-order valence-electron chi connectivity index (χ1n) is 6.42. The molecule has 1 aliphatic heterocycles. The number of fused-ring (bicyclic) bond motifs is 5. The summed E-state index contributed by atoms with van der Waals surface area (Å²) in [7, 11) is 0. The smallest absolute Gasteiger partial charge is 0.0780 e. The molecule has 0 saturated carbocycles. The molecule has 1 atom stereocenters. The van der Waals surface area contributed by atoms with E-state index in [4.69, 9.17) is 0 Å². The van der Waals surface area contributed by atoms with Crippen LogP contribution in [0.2, 0.25) is 0 Å². The summed E-state index contributed by atoms with van der Waals surface area (Å²) in [6.45, 7) is 4.29. The van der Waals surface area contributed by atoms with Gasteiger partial charge in [-0.05, 0) is 48.3 Å². The second-order valence-electron chi connectivity index (χ2n) is 5.36. The minimum absolute atomic E-state index is 0.359. The lowest BCUT2D eigenvalue weighted by atomic mass is 10.0. The van der Waals surface area contributed by atoms with Gasteiger partial charge >= 0.3 is 0 Å². The van der Waals surface area contributed by atoms with Crippen LogP contribution in [0.3, 0.4) is 0 Å². The van der Waals surface area contributed by atoms with Gasteiger partial charge in [0.05, 0.1) is 6.04 Å². The van der Waals surface area contributed by atoms with E-state index in [1.165, 1.54) is 39.1 Å². The third kappa shape index (κ3) is 1.22. The highest BCUT2D eigenvalue weighted by Gasteiger charge is 2.32. The molecule has 18 heavy (non-hydrogen) atoms. The van der Waals surface area contributed by atoms with Crippen molar-refractivity contribution < 1.29 is 0 Å². The van der Waals surface area contributed by atoms with Gasteiger partial charge < -0.3 is 5.32 Å². The summed E-state index contributed by atoms with van der Waals surface area (Å²) in [5.41, 5.74) is 9.47. The fourth-order valence-electron chi connectivity index (χ4n) is 3.07. The minimum Gasteiger partial charge on any atom is -0.374 e. The lowest BCUT2D eigenvalue weighted by molar-refractivity contribution is 1.06. The topological polar surface area (TPSA) is 12.0 Å². The van der Waals surface area contributed by atoms with Gasteiger partial charge in [-0.1, -0.05) is 35.9 Å². The Balaban J connectivity index is 1.91. The van der Waals surface area contributed by atoms with Crippen LogP contribution < -0.4 is 5.32 Å². The predicted molar refractivity (Wildman–Crippen MR) is 76.6 cm³/mol. The molecule has 2 aromatic rings. The molecule has 0 radical (unpaired) electrons. The predicted octanol–water partition coefficient (Wildman–Crippen LogP) is 4.32. The van der Waals surface area contributed by atoms with Crippen molar-refractivity contribution in [2.24, 2.45) is 0 Å². The van der Waals surface area contributed by atoms with Crippen LogP contribution in [0.4, 0.5) is 5.69 Å². The summed E-state index contributed by atoms with van der Waals surface area (Å²) < 4.78 is 0. The van der Waals surface area contributed by atoms with E-state index in [0.29, 0.717) is 6.04 Å². The number of rotatable bonds is 0. The molecule has 0 bridgehead atoms. The van der Waals surface area contributed by atoms with E-state index in [9.17, 15) is 0 Å². The third-order valence-corrected chi connectivity index (χ3v) is 3.96. The highest BCUT2D eigenvalue weighted by molar-refractivity contribution is 6.00. The zero-order chi connectivity index (χ0) is 12.3. The lowest BCUT2D eigenvalue weighted by Crippen LogP contribution is -2.02. The molecular formula is C17H15N. The molecule has 0 amide bonds. The second kappa shape index (κ2) is 3.26. The van der Waals surface area contributed by atoms with Gasteiger partial charge in [-0.25, -0.2) is 0 Å². The summed E-state index contributed by atoms with van der Waals surface area (Å²) >= 11 is 0. The molecule has 2 aliphatic rings. The molecule has 0 saturated heterocycles. The molecule has 1 heteroatoms. The molecule has 88 valence electrons. The first kappa shape index (κ1) is 9.95. The maximum atomic E-state index is 3.64. The van der Waals surface area contributed by atoms with Gasteiger partial charge in [0, 0.05) is 11.3 Å². The molecule has 2 aromatic carbocycles. The third-order valence-electron chi connectivity index (χ3n) is 3.96. The van der Waals surface area contributed by atoms with E-state index in [2.05, 4.69) is 61.6 Å². The Morgan fingerprint density at radius 2 is 1.72 bits per heavy atom. The number of aryl methyl sites for hydroxylation is 2. The van der Waals surface area contributed by atoms with E-state index in [0.717, 1.165) is 0 Å². The van der Waals surface area contributed by atoms with Crippen molar-refractivity contribution in [2.45, 2.75) is 19.9 Å². The van der Waals surface area contributed by atoms with Crippen LogP contribution in [0, 0.1) is 13.8 Å². The number of nitrogens with one attached hydrogen (secondary N) is 1. The highest BCUT2D eigenvalue weighted by Crippen LogP contribution is 2.49. The highest BCUT2D eigenvalue weighted by atomic mass is 15.0. The van der Waals surface area contributed by atoms with Gasteiger partial charge in [-0.15, -0.1) is 0 Å². The summed E-state index contributed by atoms with van der Waals surface area (Å²) in [5.74, 6) is 0. The van der Waals surface area contributed by atoms with E-state index >= 15 is 0 Å². The van der Waals surface area contributed by atoms with Gasteiger partial charge in [-0.2, -0.15) is 0 Å². The largest absolute Gasteiger partial charge is 0.374 e. The van der Waals surface area contributed by atoms with Crippen LogP contribution >= 0.6 is 0 Å². The summed E-state index contributed by atoms with van der Waals surface area (Å²) in [4.78, 5) is 0. The summed E-state index contributed by atoms with van der Waals surface area (Å²) in [6.07, 6.45) is 2.33. The molecule has 1 aliphatic carbocycles. The van der Waals surface area contributed by atoms with Crippen LogP contribution in [-0.4, -0.2) is 0 Å². The van der Waals surface area contributed by atoms with Crippen LogP contribution in [-0.2, 0) is 0 Å². The maximum Gasteiger partial charge on any atom is 0.0780 e. The average molecular weight is 233 g/mol. The molecule has 1 heterocycles. The van der Waals surface area contributed by atoms with Gasteiger partial charge in [0.15, 0.2) is 0 Å². The zero-order valence-electron chi connectivity index (χ0n) is 10.6. The van der Waals surface area contributed by atoms with Crippen LogP contribution in [0.5, 0.6) is 0 Å². The average Bonchev–Trinajstić information content (AvgIpc) is 2.83. The molecule has 1 N–H and O–H groups in total. The van der Waals surface area contributed by atoms with Gasteiger partial charge in [0.25, 0.3) is 0 Å². The number of anilines is 1. The normalized spacial score (nSPS) is 18.8. The van der Waals surface area contributed by atoms with Gasteiger partial charge in [-0.3, -0.25) is 0 Å². The Hall–Kier alpha value is -2.02. The zero-order valence-corrected chi connectivity index (χ0v) is 10.6. The molecule has 0 aromatic heterocycles. The monoisotopic (exact) mass is 233 g/mol. The Labute approximate surface area is 107 Å². The minimum atomic E-state index is 0.359. The van der Waals surface area contributed by atoms with E-state index < -0.39 is 0 Å². The van der Waals surface area contributed by atoms with Crippen molar-refractivity contribution in [1.82, 2.24) is 0 Å². The van der Waals surface area contributed by atoms with Crippen molar-refractivity contribution in [3.63, 3.8) is 0 Å². The van der Waals surface area contributed by atoms with Crippen LogP contribution in [0.25, 0.3) is 11.6 Å². The fourth-order valence-corrected chi connectivity index (χ4v) is 3.07. The first-order valence-corrected chi connectivity index (χ1v) is 6.42. The standard InChI is InChI=1S/C17H15N/c1-10-3-5-13-12(7-10)9-15-14-6-4-11(2)8-16(14)18-17(13)15/h3-9,17-18H,1-2H3. The van der Waals surface area contributed by atoms with Crippen molar-refractivity contribution in [3.05, 3.63) is 64.2 Å². The molecule has 1 nitrogen and oxygen atoms in total. The maximum absolute atomic E-state index is 3.64. The van der Waals surface area contributed by atoms with Gasteiger partial charge in [0.2, 0.25) is 0 Å². The number of benzene rings is 2. The lowest BCUT2D eigenvalue weighted by Gasteiger charge is -2.11. The summed E-state index contributed by atoms with van der Waals surface area (Å²) in [6, 6.07) is 13.8. The number of hydrogen-bond acceptors (Lipinski definition) is 1. The Morgan fingerprint density at radius 3 is 2.61 bits per heavy atom. The fraction of sp³-hybridized carbons (Fsp3) is 0.176. The van der Waals surface area contributed by atoms with Crippen molar-refractivity contribution in [1.29, 1.82) is 0 Å². The molecule has 1 unspecified atom stereocenters. The van der Waals surface area contributed by atoms with Gasteiger partial charge in [0.1, 0.15) is 0 Å².